The van der Waals surface area contributed by atoms with Crippen molar-refractivity contribution in [2.24, 2.45) is 0 Å². The Morgan fingerprint density at radius 3 is 2.50 bits per heavy atom. The molecule has 1 aromatic rings. The summed E-state index contributed by atoms with van der Waals surface area (Å²) < 4.78 is 0. The van der Waals surface area contributed by atoms with E-state index in [2.05, 4.69) is 5.32 Å². The maximum Gasteiger partial charge on any atom is 0.303 e. The van der Waals surface area contributed by atoms with E-state index in [1.165, 1.54) is 6.92 Å². The Balaban J connectivity index is 2.44. The lowest BCUT2D eigenvalue weighted by atomic mass is 10.1. The third-order valence-corrected chi connectivity index (χ3v) is 2.39. The molecule has 1 rings (SSSR count). The molecule has 1 aromatic carbocycles. The highest BCUT2D eigenvalue weighted by Crippen LogP contribution is 2.08. The molecule has 2 N–H and O–H groups in total. The molecular formula is C14H17NO3. The highest BCUT2D eigenvalue weighted by molar-refractivity contribution is 5.73. The predicted molar refractivity (Wildman–Crippen MR) is 70.1 cm³/mol. The molecular weight excluding hydrogens is 230 g/mol. The summed E-state index contributed by atoms with van der Waals surface area (Å²) in [7, 11) is 0. The molecule has 0 aliphatic rings. The lowest BCUT2D eigenvalue weighted by molar-refractivity contribution is -0.137. The van der Waals surface area contributed by atoms with Crippen LogP contribution in [0.1, 0.15) is 24.5 Å². The van der Waals surface area contributed by atoms with Crippen LogP contribution in [0.2, 0.25) is 0 Å². The van der Waals surface area contributed by atoms with Crippen LogP contribution in [0.25, 0.3) is 6.08 Å². The van der Waals surface area contributed by atoms with Crippen LogP contribution in [0.3, 0.4) is 0 Å². The van der Waals surface area contributed by atoms with E-state index in [1.54, 1.807) is 0 Å². The molecule has 0 unspecified atom stereocenters. The van der Waals surface area contributed by atoms with Gasteiger partial charge in [0.1, 0.15) is 0 Å². The summed E-state index contributed by atoms with van der Waals surface area (Å²) in [6.45, 7) is 1.99. The molecule has 96 valence electrons. The molecule has 0 spiro atoms. The molecule has 0 saturated carbocycles. The number of aryl methyl sites for hydroxylation is 1. The number of nitrogens with one attached hydrogen (secondary N) is 1. The van der Waals surface area contributed by atoms with Gasteiger partial charge in [0.2, 0.25) is 5.91 Å². The van der Waals surface area contributed by atoms with Crippen LogP contribution >= 0.6 is 0 Å². The summed E-state index contributed by atoms with van der Waals surface area (Å²) in [4.78, 5) is 21.1. The Labute approximate surface area is 106 Å². The van der Waals surface area contributed by atoms with Crippen LogP contribution in [-0.2, 0) is 16.0 Å². The number of aliphatic carboxylic acids is 1. The van der Waals surface area contributed by atoms with Crippen LogP contribution in [-0.4, -0.2) is 23.5 Å². The van der Waals surface area contributed by atoms with Crippen LogP contribution in [0.15, 0.2) is 30.3 Å². The molecule has 0 bridgehead atoms. The van der Waals surface area contributed by atoms with Crippen molar-refractivity contribution >= 4 is 18.0 Å². The van der Waals surface area contributed by atoms with E-state index in [0.717, 1.165) is 11.1 Å². The van der Waals surface area contributed by atoms with E-state index < -0.39 is 5.97 Å². The summed E-state index contributed by atoms with van der Waals surface area (Å²) in [6, 6.07) is 7.70. The Bertz CT molecular complexity index is 435. The first kappa shape index (κ1) is 14.0. The third kappa shape index (κ3) is 5.84. The van der Waals surface area contributed by atoms with E-state index in [-0.39, 0.29) is 12.3 Å². The number of rotatable bonds is 6. The van der Waals surface area contributed by atoms with Gasteiger partial charge in [0.15, 0.2) is 0 Å². The van der Waals surface area contributed by atoms with E-state index >= 15 is 0 Å². The van der Waals surface area contributed by atoms with E-state index in [0.29, 0.717) is 13.0 Å². The van der Waals surface area contributed by atoms with Gasteiger partial charge in [-0.3, -0.25) is 9.59 Å². The number of amides is 1. The zero-order chi connectivity index (χ0) is 13.4. The van der Waals surface area contributed by atoms with Crippen LogP contribution < -0.4 is 5.32 Å². The average Bonchev–Trinajstić information content (AvgIpc) is 2.33. The van der Waals surface area contributed by atoms with Gasteiger partial charge in [-0.1, -0.05) is 36.4 Å². The van der Waals surface area contributed by atoms with Crippen molar-refractivity contribution in [3.8, 4) is 0 Å². The highest BCUT2D eigenvalue weighted by atomic mass is 16.4. The minimum absolute atomic E-state index is 0.0522. The first-order chi connectivity index (χ1) is 8.58. The molecule has 0 heterocycles. The summed E-state index contributed by atoms with van der Waals surface area (Å²) in [5.41, 5.74) is 2.04. The number of carbonyl (C=O) groups is 2. The van der Waals surface area contributed by atoms with Crippen LogP contribution in [0.5, 0.6) is 0 Å². The number of carbonyl (C=O) groups excluding carboxylic acids is 1. The molecule has 4 nitrogen and oxygen atoms in total. The van der Waals surface area contributed by atoms with Gasteiger partial charge in [0.05, 0.1) is 0 Å². The molecule has 0 aliphatic heterocycles. The van der Waals surface area contributed by atoms with Crippen molar-refractivity contribution in [1.82, 2.24) is 5.32 Å². The zero-order valence-electron chi connectivity index (χ0n) is 10.3. The van der Waals surface area contributed by atoms with Gasteiger partial charge in [-0.05, 0) is 17.5 Å². The molecule has 0 radical (unpaired) electrons. The third-order valence-electron chi connectivity index (χ3n) is 2.39. The van der Waals surface area contributed by atoms with E-state index in [1.807, 2.05) is 36.4 Å². The van der Waals surface area contributed by atoms with Gasteiger partial charge in [-0.2, -0.15) is 0 Å². The topological polar surface area (TPSA) is 66.4 Å². The molecule has 0 aliphatic carbocycles. The van der Waals surface area contributed by atoms with Gasteiger partial charge >= 0.3 is 5.97 Å². The number of hydrogen-bond acceptors (Lipinski definition) is 2. The molecule has 0 atom stereocenters. The SMILES string of the molecule is CC(=O)NCC=Cc1ccc(CCC(=O)O)cc1. The second-order valence-electron chi connectivity index (χ2n) is 3.97. The minimum atomic E-state index is -0.783. The standard InChI is InChI=1S/C14H17NO3/c1-11(16)15-10-2-3-12-4-6-13(7-5-12)8-9-14(17)18/h2-7H,8-10H2,1H3,(H,15,16)(H,17,18). The second-order valence-corrected chi connectivity index (χ2v) is 3.97. The second kappa shape index (κ2) is 7.27. The fourth-order valence-corrected chi connectivity index (χ4v) is 1.44. The van der Waals surface area contributed by atoms with Gasteiger partial charge in [0.25, 0.3) is 0 Å². The Morgan fingerprint density at radius 1 is 1.28 bits per heavy atom. The van der Waals surface area contributed by atoms with Crippen molar-refractivity contribution in [2.45, 2.75) is 19.8 Å². The normalized spacial score (nSPS) is 10.5. The average molecular weight is 247 g/mol. The van der Waals surface area contributed by atoms with Gasteiger partial charge in [-0.15, -0.1) is 0 Å². The Morgan fingerprint density at radius 2 is 1.94 bits per heavy atom. The molecule has 0 saturated heterocycles. The Hall–Kier alpha value is -2.10. The summed E-state index contributed by atoms with van der Waals surface area (Å²) in [5.74, 6) is -0.835. The fourth-order valence-electron chi connectivity index (χ4n) is 1.44. The van der Waals surface area contributed by atoms with Crippen molar-refractivity contribution in [2.75, 3.05) is 6.54 Å². The molecule has 0 aromatic heterocycles. The fraction of sp³-hybridized carbons (Fsp3) is 0.286. The first-order valence-corrected chi connectivity index (χ1v) is 5.79. The van der Waals surface area contributed by atoms with Crippen LogP contribution in [0.4, 0.5) is 0 Å². The lowest BCUT2D eigenvalue weighted by Crippen LogP contribution is -2.19. The number of carboxylic acid groups (broad SMARTS) is 1. The summed E-state index contributed by atoms with van der Waals surface area (Å²) >= 11 is 0. The minimum Gasteiger partial charge on any atom is -0.481 e. The molecule has 1 amide bonds. The van der Waals surface area contributed by atoms with Gasteiger partial charge < -0.3 is 10.4 Å². The predicted octanol–water partition coefficient (Wildman–Crippen LogP) is 1.85. The van der Waals surface area contributed by atoms with Crippen molar-refractivity contribution in [3.63, 3.8) is 0 Å². The molecule has 4 heteroatoms. The van der Waals surface area contributed by atoms with Crippen molar-refractivity contribution in [3.05, 3.63) is 41.5 Å². The van der Waals surface area contributed by atoms with Gasteiger partial charge in [-0.25, -0.2) is 0 Å². The number of benzene rings is 1. The van der Waals surface area contributed by atoms with Gasteiger partial charge in [0, 0.05) is 19.9 Å². The zero-order valence-corrected chi connectivity index (χ0v) is 10.3. The smallest absolute Gasteiger partial charge is 0.303 e. The van der Waals surface area contributed by atoms with E-state index in [9.17, 15) is 9.59 Å². The first-order valence-electron chi connectivity index (χ1n) is 5.79. The quantitative estimate of drug-likeness (QED) is 0.806. The number of hydrogen-bond donors (Lipinski definition) is 2. The van der Waals surface area contributed by atoms with E-state index in [4.69, 9.17) is 5.11 Å². The lowest BCUT2D eigenvalue weighted by Gasteiger charge is -2.00. The highest BCUT2D eigenvalue weighted by Gasteiger charge is 1.98. The monoisotopic (exact) mass is 247 g/mol. The van der Waals surface area contributed by atoms with Crippen molar-refractivity contribution in [1.29, 1.82) is 0 Å². The maximum absolute atomic E-state index is 10.6. The molecule has 18 heavy (non-hydrogen) atoms. The summed E-state index contributed by atoms with van der Waals surface area (Å²) in [5, 5.41) is 11.2. The molecule has 0 fully saturated rings. The largest absolute Gasteiger partial charge is 0.481 e. The van der Waals surface area contributed by atoms with Crippen molar-refractivity contribution < 1.29 is 14.7 Å². The van der Waals surface area contributed by atoms with Crippen LogP contribution in [0, 0.1) is 0 Å². The maximum atomic E-state index is 10.6. The summed E-state index contributed by atoms with van der Waals surface area (Å²) in [6.07, 6.45) is 4.48. The Kier molecular flexibility index (Phi) is 5.64. The number of carboxylic acids is 1.